The van der Waals surface area contributed by atoms with E-state index < -0.39 is 0 Å². The molecule has 3 rings (SSSR count). The fourth-order valence-corrected chi connectivity index (χ4v) is 4.03. The van der Waals surface area contributed by atoms with E-state index in [1.165, 1.54) is 37.4 Å². The second-order valence-corrected chi connectivity index (χ2v) is 6.85. The summed E-state index contributed by atoms with van der Waals surface area (Å²) in [6.45, 7) is 7.07. The van der Waals surface area contributed by atoms with Gasteiger partial charge < -0.3 is 0 Å². The molecule has 17 heavy (non-hydrogen) atoms. The third kappa shape index (κ3) is 2.50. The first-order chi connectivity index (χ1) is 8.22. The molecule has 3 nitrogen and oxygen atoms in total. The number of halogens is 1. The molecule has 94 valence electrons. The van der Waals surface area contributed by atoms with Gasteiger partial charge in [-0.2, -0.15) is 0 Å². The number of hydrogen-bond acceptors (Lipinski definition) is 4. The third-order valence-electron chi connectivity index (χ3n) is 3.95. The number of rotatable bonds is 2. The molecule has 2 fully saturated rings. The molecule has 2 aliphatic heterocycles. The summed E-state index contributed by atoms with van der Waals surface area (Å²) >= 11 is 7.49. The number of fused-ring (bicyclic) bond motifs is 1. The van der Waals surface area contributed by atoms with E-state index in [-0.39, 0.29) is 0 Å². The van der Waals surface area contributed by atoms with Crippen molar-refractivity contribution >= 4 is 22.9 Å². The smallest absolute Gasteiger partial charge is 0.183 e. The largest absolute Gasteiger partial charge is 0.298 e. The molecule has 0 amide bonds. The number of nitrogens with zero attached hydrogens (tertiary/aromatic N) is 3. The number of piperazine rings is 1. The van der Waals surface area contributed by atoms with Crippen molar-refractivity contribution in [3.8, 4) is 0 Å². The minimum absolute atomic E-state index is 0.644. The summed E-state index contributed by atoms with van der Waals surface area (Å²) in [4.78, 5) is 10.6. The summed E-state index contributed by atoms with van der Waals surface area (Å²) in [7, 11) is 0. The lowest BCUT2D eigenvalue weighted by Crippen LogP contribution is -2.54. The molecular formula is C12H18ClN3S. The minimum atomic E-state index is 0.644. The second kappa shape index (κ2) is 4.84. The van der Waals surface area contributed by atoms with E-state index in [1.807, 2.05) is 6.20 Å². The van der Waals surface area contributed by atoms with E-state index in [2.05, 4.69) is 21.7 Å². The lowest BCUT2D eigenvalue weighted by molar-refractivity contribution is 0.0547. The van der Waals surface area contributed by atoms with E-state index in [0.29, 0.717) is 10.5 Å². The molecule has 1 aromatic heterocycles. The third-order valence-corrected chi connectivity index (χ3v) is 5.05. The molecule has 0 aliphatic carbocycles. The van der Waals surface area contributed by atoms with Gasteiger partial charge in [0.15, 0.2) is 4.47 Å². The summed E-state index contributed by atoms with van der Waals surface area (Å²) < 4.78 is 0.659. The Kier molecular flexibility index (Phi) is 3.39. The zero-order valence-electron chi connectivity index (χ0n) is 10.1. The predicted molar refractivity (Wildman–Crippen MR) is 71.6 cm³/mol. The Morgan fingerprint density at radius 3 is 3.18 bits per heavy atom. The molecule has 2 atom stereocenters. The summed E-state index contributed by atoms with van der Waals surface area (Å²) in [6.07, 6.45) is 4.66. The number of hydrogen-bond donors (Lipinski definition) is 0. The van der Waals surface area contributed by atoms with Gasteiger partial charge in [0.05, 0.1) is 0 Å². The van der Waals surface area contributed by atoms with Gasteiger partial charge >= 0.3 is 0 Å². The number of thiazole rings is 1. The van der Waals surface area contributed by atoms with Gasteiger partial charge in [-0.1, -0.05) is 11.6 Å². The molecule has 3 heterocycles. The van der Waals surface area contributed by atoms with E-state index in [9.17, 15) is 0 Å². The van der Waals surface area contributed by atoms with Crippen molar-refractivity contribution in [2.75, 3.05) is 19.6 Å². The summed E-state index contributed by atoms with van der Waals surface area (Å²) in [5.41, 5.74) is 0. The van der Waals surface area contributed by atoms with Gasteiger partial charge in [-0.15, -0.1) is 11.3 Å². The van der Waals surface area contributed by atoms with Gasteiger partial charge in [0.1, 0.15) is 0 Å². The first kappa shape index (κ1) is 11.9. The molecule has 0 N–H and O–H groups in total. The Morgan fingerprint density at radius 1 is 1.53 bits per heavy atom. The maximum atomic E-state index is 5.88. The summed E-state index contributed by atoms with van der Waals surface area (Å²) in [5, 5.41) is 0. The maximum absolute atomic E-state index is 5.88. The van der Waals surface area contributed by atoms with Gasteiger partial charge in [-0.05, 0) is 26.3 Å². The van der Waals surface area contributed by atoms with E-state index >= 15 is 0 Å². The molecule has 0 saturated carbocycles. The van der Waals surface area contributed by atoms with Crippen LogP contribution in [0.4, 0.5) is 0 Å². The zero-order valence-corrected chi connectivity index (χ0v) is 11.7. The van der Waals surface area contributed by atoms with Crippen molar-refractivity contribution in [1.82, 2.24) is 14.8 Å². The van der Waals surface area contributed by atoms with Crippen LogP contribution in [0.25, 0.3) is 0 Å². The Balaban J connectivity index is 1.66. The van der Waals surface area contributed by atoms with Gasteiger partial charge in [0, 0.05) is 42.8 Å². The highest BCUT2D eigenvalue weighted by Crippen LogP contribution is 2.27. The molecule has 1 aromatic rings. The van der Waals surface area contributed by atoms with Gasteiger partial charge in [-0.3, -0.25) is 9.80 Å². The maximum Gasteiger partial charge on any atom is 0.183 e. The molecule has 2 aliphatic rings. The Hall–Kier alpha value is -0.160. The first-order valence-electron chi connectivity index (χ1n) is 6.30. The fourth-order valence-electron chi connectivity index (χ4n) is 3.03. The minimum Gasteiger partial charge on any atom is -0.298 e. The summed E-state index contributed by atoms with van der Waals surface area (Å²) in [5.74, 6) is 0. The SMILES string of the molecule is CC1CN2CCCC2CN1Cc1cnc(Cl)s1. The average Bonchev–Trinajstić information content (AvgIpc) is 2.88. The van der Waals surface area contributed by atoms with Crippen molar-refractivity contribution in [1.29, 1.82) is 0 Å². The van der Waals surface area contributed by atoms with Crippen LogP contribution in [-0.4, -0.2) is 46.5 Å². The van der Waals surface area contributed by atoms with Crippen molar-refractivity contribution in [3.63, 3.8) is 0 Å². The van der Waals surface area contributed by atoms with Crippen LogP contribution in [0.5, 0.6) is 0 Å². The average molecular weight is 272 g/mol. The van der Waals surface area contributed by atoms with Crippen LogP contribution in [0, 0.1) is 0 Å². The van der Waals surface area contributed by atoms with Gasteiger partial charge in [0.2, 0.25) is 0 Å². The predicted octanol–water partition coefficient (Wildman–Crippen LogP) is 2.47. The van der Waals surface area contributed by atoms with Crippen LogP contribution < -0.4 is 0 Å². The van der Waals surface area contributed by atoms with E-state index in [4.69, 9.17) is 11.6 Å². The van der Waals surface area contributed by atoms with Crippen molar-refractivity contribution < 1.29 is 0 Å². The summed E-state index contributed by atoms with van der Waals surface area (Å²) in [6, 6.07) is 1.43. The van der Waals surface area contributed by atoms with E-state index in [1.54, 1.807) is 11.3 Å². The van der Waals surface area contributed by atoms with Gasteiger partial charge in [-0.25, -0.2) is 4.98 Å². The normalized spacial score (nSPS) is 30.7. The highest BCUT2D eigenvalue weighted by molar-refractivity contribution is 7.15. The van der Waals surface area contributed by atoms with Crippen molar-refractivity contribution in [2.45, 2.75) is 38.4 Å². The van der Waals surface area contributed by atoms with Crippen LogP contribution in [0.15, 0.2) is 6.20 Å². The fraction of sp³-hybridized carbons (Fsp3) is 0.750. The molecule has 0 bridgehead atoms. The lowest BCUT2D eigenvalue weighted by Gasteiger charge is -2.42. The van der Waals surface area contributed by atoms with E-state index in [0.717, 1.165) is 12.6 Å². The van der Waals surface area contributed by atoms with Crippen molar-refractivity contribution in [2.24, 2.45) is 0 Å². The van der Waals surface area contributed by atoms with Crippen LogP contribution >= 0.6 is 22.9 Å². The molecule has 5 heteroatoms. The molecule has 2 unspecified atom stereocenters. The highest BCUT2D eigenvalue weighted by atomic mass is 35.5. The lowest BCUT2D eigenvalue weighted by atomic mass is 10.1. The Morgan fingerprint density at radius 2 is 2.41 bits per heavy atom. The molecule has 0 spiro atoms. The monoisotopic (exact) mass is 271 g/mol. The standard InChI is InChI=1S/C12H18ClN3S/c1-9-6-15-4-2-3-10(15)7-16(9)8-11-5-14-12(13)17-11/h5,9-10H,2-4,6-8H2,1H3. The molecular weight excluding hydrogens is 254 g/mol. The topological polar surface area (TPSA) is 19.4 Å². The van der Waals surface area contributed by atoms with Gasteiger partial charge in [0.25, 0.3) is 0 Å². The second-order valence-electron chi connectivity index (χ2n) is 5.15. The quantitative estimate of drug-likeness (QED) is 0.824. The molecule has 2 saturated heterocycles. The molecule has 0 radical (unpaired) electrons. The van der Waals surface area contributed by atoms with Crippen LogP contribution in [-0.2, 0) is 6.54 Å². The van der Waals surface area contributed by atoms with Crippen LogP contribution in [0.1, 0.15) is 24.6 Å². The highest BCUT2D eigenvalue weighted by Gasteiger charge is 2.34. The van der Waals surface area contributed by atoms with Crippen LogP contribution in [0.2, 0.25) is 4.47 Å². The van der Waals surface area contributed by atoms with Crippen molar-refractivity contribution in [3.05, 3.63) is 15.5 Å². The molecule has 0 aromatic carbocycles. The Bertz CT molecular complexity index is 395. The van der Waals surface area contributed by atoms with Crippen LogP contribution in [0.3, 0.4) is 0 Å². The zero-order chi connectivity index (χ0) is 11.8. The first-order valence-corrected chi connectivity index (χ1v) is 7.50. The number of aromatic nitrogens is 1. The Labute approximate surface area is 111 Å².